The van der Waals surface area contributed by atoms with Crippen LogP contribution in [0.5, 0.6) is 5.75 Å². The number of nitrogen functional groups attached to an aromatic ring is 1. The third-order valence-electron chi connectivity index (χ3n) is 4.19. The fourth-order valence-corrected chi connectivity index (χ4v) is 2.86. The van der Waals surface area contributed by atoms with Gasteiger partial charge in [0, 0.05) is 0 Å². The Hall–Kier alpha value is -1.26. The zero-order chi connectivity index (χ0) is 15.1. The summed E-state index contributed by atoms with van der Waals surface area (Å²) < 4.78 is 11.4. The Morgan fingerprint density at radius 3 is 2.86 bits per heavy atom. The lowest BCUT2D eigenvalue weighted by Gasteiger charge is -2.29. The highest BCUT2D eigenvalue weighted by atomic mass is 16.5. The maximum absolute atomic E-state index is 9.96. The number of aliphatic hydroxyl groups is 1. The second-order valence-corrected chi connectivity index (χ2v) is 5.90. The molecule has 1 aliphatic rings. The van der Waals surface area contributed by atoms with Gasteiger partial charge in [0.15, 0.2) is 0 Å². The number of rotatable bonds is 7. The molecule has 0 heterocycles. The second-order valence-electron chi connectivity index (χ2n) is 5.90. The van der Waals surface area contributed by atoms with Gasteiger partial charge in [-0.1, -0.05) is 38.3 Å². The first kappa shape index (κ1) is 16.1. The molecular weight excluding hydrogens is 266 g/mol. The van der Waals surface area contributed by atoms with E-state index in [1.807, 2.05) is 12.1 Å². The van der Waals surface area contributed by atoms with E-state index in [0.717, 1.165) is 18.8 Å². The molecule has 0 radical (unpaired) electrons. The summed E-state index contributed by atoms with van der Waals surface area (Å²) >= 11 is 0. The SMILES string of the molecule is CCC1CCCC(OCC(O)COc2ccccc2N)C1. The molecule has 4 heteroatoms. The summed E-state index contributed by atoms with van der Waals surface area (Å²) in [5.41, 5.74) is 6.38. The van der Waals surface area contributed by atoms with Crippen LogP contribution in [-0.2, 0) is 4.74 Å². The fraction of sp³-hybridized carbons (Fsp3) is 0.647. The third kappa shape index (κ3) is 5.21. The Kier molecular flexibility index (Phi) is 6.33. The lowest BCUT2D eigenvalue weighted by molar-refractivity contribution is -0.0440. The van der Waals surface area contributed by atoms with Crippen molar-refractivity contribution in [3.8, 4) is 5.75 Å². The zero-order valence-electron chi connectivity index (χ0n) is 12.8. The van der Waals surface area contributed by atoms with E-state index in [4.69, 9.17) is 15.2 Å². The normalized spacial score (nSPS) is 23.7. The van der Waals surface area contributed by atoms with Gasteiger partial charge >= 0.3 is 0 Å². The van der Waals surface area contributed by atoms with Crippen LogP contribution < -0.4 is 10.5 Å². The number of aliphatic hydroxyl groups excluding tert-OH is 1. The molecule has 1 aromatic carbocycles. The van der Waals surface area contributed by atoms with Crippen LogP contribution in [-0.4, -0.2) is 30.5 Å². The molecule has 1 saturated carbocycles. The lowest BCUT2D eigenvalue weighted by atomic mass is 9.85. The van der Waals surface area contributed by atoms with Crippen molar-refractivity contribution >= 4 is 5.69 Å². The Morgan fingerprint density at radius 2 is 2.10 bits per heavy atom. The van der Waals surface area contributed by atoms with E-state index >= 15 is 0 Å². The molecule has 0 aliphatic heterocycles. The van der Waals surface area contributed by atoms with Gasteiger partial charge in [-0.15, -0.1) is 0 Å². The van der Waals surface area contributed by atoms with Crippen LogP contribution in [0.1, 0.15) is 39.0 Å². The minimum atomic E-state index is -0.619. The molecule has 4 nitrogen and oxygen atoms in total. The molecule has 0 bridgehead atoms. The Morgan fingerprint density at radius 1 is 1.29 bits per heavy atom. The molecular formula is C17H27NO3. The van der Waals surface area contributed by atoms with Crippen molar-refractivity contribution in [1.82, 2.24) is 0 Å². The van der Waals surface area contributed by atoms with Crippen LogP contribution in [0.4, 0.5) is 5.69 Å². The smallest absolute Gasteiger partial charge is 0.142 e. The number of nitrogens with two attached hydrogens (primary N) is 1. The number of para-hydroxylation sites is 2. The Labute approximate surface area is 127 Å². The molecule has 1 fully saturated rings. The van der Waals surface area contributed by atoms with Crippen molar-refractivity contribution in [1.29, 1.82) is 0 Å². The average Bonchev–Trinajstić information content (AvgIpc) is 2.52. The van der Waals surface area contributed by atoms with E-state index in [-0.39, 0.29) is 6.61 Å². The predicted molar refractivity (Wildman–Crippen MR) is 84.3 cm³/mol. The van der Waals surface area contributed by atoms with E-state index in [1.54, 1.807) is 12.1 Å². The topological polar surface area (TPSA) is 64.7 Å². The first-order valence-electron chi connectivity index (χ1n) is 7.96. The summed E-state index contributed by atoms with van der Waals surface area (Å²) in [5, 5.41) is 9.96. The molecule has 3 atom stereocenters. The van der Waals surface area contributed by atoms with Gasteiger partial charge in [0.2, 0.25) is 0 Å². The second kappa shape index (κ2) is 8.25. The molecule has 118 valence electrons. The largest absolute Gasteiger partial charge is 0.489 e. The Bertz CT molecular complexity index is 424. The fourth-order valence-electron chi connectivity index (χ4n) is 2.86. The summed E-state index contributed by atoms with van der Waals surface area (Å²) in [4.78, 5) is 0. The van der Waals surface area contributed by atoms with Crippen molar-refractivity contribution < 1.29 is 14.6 Å². The monoisotopic (exact) mass is 293 g/mol. The number of hydrogen-bond acceptors (Lipinski definition) is 4. The molecule has 0 saturated heterocycles. The standard InChI is InChI=1S/C17H27NO3/c1-2-13-6-5-7-15(10-13)20-11-14(19)12-21-17-9-4-3-8-16(17)18/h3-4,8-9,13-15,19H,2,5-7,10-12,18H2,1H3. The minimum Gasteiger partial charge on any atom is -0.489 e. The Balaban J connectivity index is 1.68. The molecule has 2 rings (SSSR count). The van der Waals surface area contributed by atoms with Gasteiger partial charge < -0.3 is 20.3 Å². The van der Waals surface area contributed by atoms with E-state index < -0.39 is 6.10 Å². The molecule has 3 unspecified atom stereocenters. The maximum Gasteiger partial charge on any atom is 0.142 e. The van der Waals surface area contributed by atoms with Crippen LogP contribution in [0.15, 0.2) is 24.3 Å². The van der Waals surface area contributed by atoms with Crippen LogP contribution in [0.3, 0.4) is 0 Å². The first-order valence-corrected chi connectivity index (χ1v) is 7.96. The maximum atomic E-state index is 9.96. The van der Waals surface area contributed by atoms with Gasteiger partial charge in [0.25, 0.3) is 0 Å². The van der Waals surface area contributed by atoms with Crippen LogP contribution in [0.2, 0.25) is 0 Å². The van der Waals surface area contributed by atoms with Crippen molar-refractivity contribution in [2.24, 2.45) is 5.92 Å². The molecule has 1 aromatic rings. The molecule has 3 N–H and O–H groups in total. The third-order valence-corrected chi connectivity index (χ3v) is 4.19. The van der Waals surface area contributed by atoms with Gasteiger partial charge in [-0.05, 0) is 30.9 Å². The first-order chi connectivity index (χ1) is 10.2. The lowest BCUT2D eigenvalue weighted by Crippen LogP contribution is -2.29. The summed E-state index contributed by atoms with van der Waals surface area (Å²) in [6.07, 6.45) is 5.67. The number of ether oxygens (including phenoxy) is 2. The van der Waals surface area contributed by atoms with Crippen molar-refractivity contribution in [3.63, 3.8) is 0 Å². The van der Waals surface area contributed by atoms with E-state index in [9.17, 15) is 5.11 Å². The van der Waals surface area contributed by atoms with Gasteiger partial charge in [0.05, 0.1) is 18.4 Å². The van der Waals surface area contributed by atoms with Crippen molar-refractivity contribution in [2.75, 3.05) is 18.9 Å². The molecule has 0 amide bonds. The average molecular weight is 293 g/mol. The molecule has 21 heavy (non-hydrogen) atoms. The highest BCUT2D eigenvalue weighted by Crippen LogP contribution is 2.28. The quantitative estimate of drug-likeness (QED) is 0.759. The molecule has 0 spiro atoms. The van der Waals surface area contributed by atoms with Gasteiger partial charge in [-0.2, -0.15) is 0 Å². The van der Waals surface area contributed by atoms with E-state index in [2.05, 4.69) is 6.92 Å². The summed E-state index contributed by atoms with van der Waals surface area (Å²) in [7, 11) is 0. The van der Waals surface area contributed by atoms with Crippen LogP contribution in [0.25, 0.3) is 0 Å². The van der Waals surface area contributed by atoms with E-state index in [0.29, 0.717) is 24.1 Å². The minimum absolute atomic E-state index is 0.206. The van der Waals surface area contributed by atoms with Gasteiger partial charge in [-0.25, -0.2) is 0 Å². The summed E-state index contributed by atoms with van der Waals surface area (Å²) in [6, 6.07) is 7.30. The highest BCUT2D eigenvalue weighted by molar-refractivity contribution is 5.51. The summed E-state index contributed by atoms with van der Waals surface area (Å²) in [5.74, 6) is 1.39. The molecule has 1 aliphatic carbocycles. The number of hydrogen-bond donors (Lipinski definition) is 2. The number of benzene rings is 1. The van der Waals surface area contributed by atoms with Crippen LogP contribution in [0, 0.1) is 5.92 Å². The predicted octanol–water partition coefficient (Wildman–Crippen LogP) is 2.99. The number of anilines is 1. The molecule has 0 aromatic heterocycles. The van der Waals surface area contributed by atoms with Crippen molar-refractivity contribution in [3.05, 3.63) is 24.3 Å². The van der Waals surface area contributed by atoms with Gasteiger partial charge in [-0.3, -0.25) is 0 Å². The zero-order valence-corrected chi connectivity index (χ0v) is 12.8. The highest BCUT2D eigenvalue weighted by Gasteiger charge is 2.22. The summed E-state index contributed by atoms with van der Waals surface area (Å²) in [6.45, 7) is 2.77. The van der Waals surface area contributed by atoms with E-state index in [1.165, 1.54) is 19.3 Å². The van der Waals surface area contributed by atoms with Crippen molar-refractivity contribution in [2.45, 2.75) is 51.2 Å². The van der Waals surface area contributed by atoms with Gasteiger partial charge in [0.1, 0.15) is 18.5 Å². The van der Waals surface area contributed by atoms with Crippen LogP contribution >= 0.6 is 0 Å².